The number of aryl methyl sites for hydroxylation is 2. The van der Waals surface area contributed by atoms with Crippen molar-refractivity contribution in [1.29, 1.82) is 0 Å². The van der Waals surface area contributed by atoms with Gasteiger partial charge < -0.3 is 14.8 Å². The molecule has 3 heteroatoms. The molecule has 0 spiro atoms. The lowest BCUT2D eigenvalue weighted by Gasteiger charge is -2.14. The van der Waals surface area contributed by atoms with Crippen molar-refractivity contribution in [2.24, 2.45) is 0 Å². The fourth-order valence-corrected chi connectivity index (χ4v) is 1.67. The number of hydrogen-bond donors (Lipinski definition) is 1. The molecule has 3 nitrogen and oxygen atoms in total. The van der Waals surface area contributed by atoms with Gasteiger partial charge in [-0.2, -0.15) is 0 Å². The van der Waals surface area contributed by atoms with E-state index in [-0.39, 0.29) is 0 Å². The van der Waals surface area contributed by atoms with Gasteiger partial charge in [0.25, 0.3) is 0 Å². The van der Waals surface area contributed by atoms with Gasteiger partial charge in [-0.3, -0.25) is 0 Å². The first-order valence-corrected chi connectivity index (χ1v) is 6.06. The van der Waals surface area contributed by atoms with Gasteiger partial charge in [0.1, 0.15) is 12.4 Å². The molecule has 0 heterocycles. The SMILES string of the molecule is COCCNCCOc1c(C)ccc(C)c1C. The average molecular weight is 237 g/mol. The number of ether oxygens (including phenoxy) is 2. The molecule has 0 atom stereocenters. The maximum Gasteiger partial charge on any atom is 0.125 e. The van der Waals surface area contributed by atoms with E-state index in [9.17, 15) is 0 Å². The highest BCUT2D eigenvalue weighted by Crippen LogP contribution is 2.25. The van der Waals surface area contributed by atoms with Crippen molar-refractivity contribution in [3.8, 4) is 5.75 Å². The number of methoxy groups -OCH3 is 1. The number of nitrogens with one attached hydrogen (secondary N) is 1. The largest absolute Gasteiger partial charge is 0.492 e. The van der Waals surface area contributed by atoms with Gasteiger partial charge in [0.2, 0.25) is 0 Å². The van der Waals surface area contributed by atoms with Crippen LogP contribution in [0.2, 0.25) is 0 Å². The topological polar surface area (TPSA) is 30.5 Å². The molecule has 1 aromatic rings. The Kier molecular flexibility index (Phi) is 6.01. The fourth-order valence-electron chi connectivity index (χ4n) is 1.67. The van der Waals surface area contributed by atoms with Crippen LogP contribution in [0.4, 0.5) is 0 Å². The monoisotopic (exact) mass is 237 g/mol. The van der Waals surface area contributed by atoms with Crippen LogP contribution in [0.3, 0.4) is 0 Å². The molecule has 1 N–H and O–H groups in total. The van der Waals surface area contributed by atoms with Crippen molar-refractivity contribution < 1.29 is 9.47 Å². The lowest BCUT2D eigenvalue weighted by atomic mass is 10.1. The molecule has 0 bridgehead atoms. The first-order chi connectivity index (χ1) is 8.16. The smallest absolute Gasteiger partial charge is 0.125 e. The summed E-state index contributed by atoms with van der Waals surface area (Å²) in [5.74, 6) is 1.03. The second-order valence-corrected chi connectivity index (χ2v) is 4.24. The molecule has 0 aliphatic heterocycles. The van der Waals surface area contributed by atoms with Crippen LogP contribution in [-0.4, -0.2) is 33.4 Å². The lowest BCUT2D eigenvalue weighted by molar-refractivity contribution is 0.196. The molecule has 0 saturated carbocycles. The molecule has 1 aromatic carbocycles. The Hall–Kier alpha value is -1.06. The zero-order valence-corrected chi connectivity index (χ0v) is 11.3. The predicted molar refractivity (Wildman–Crippen MR) is 70.9 cm³/mol. The van der Waals surface area contributed by atoms with Crippen LogP contribution in [0.25, 0.3) is 0 Å². The molecule has 0 saturated heterocycles. The zero-order valence-electron chi connectivity index (χ0n) is 11.3. The van der Waals surface area contributed by atoms with Crippen molar-refractivity contribution in [2.45, 2.75) is 20.8 Å². The van der Waals surface area contributed by atoms with Crippen molar-refractivity contribution >= 4 is 0 Å². The molecule has 0 amide bonds. The highest BCUT2D eigenvalue weighted by Gasteiger charge is 2.05. The van der Waals surface area contributed by atoms with Crippen LogP contribution >= 0.6 is 0 Å². The molecule has 96 valence electrons. The van der Waals surface area contributed by atoms with Crippen molar-refractivity contribution in [3.63, 3.8) is 0 Å². The Morgan fingerprint density at radius 3 is 2.35 bits per heavy atom. The summed E-state index contributed by atoms with van der Waals surface area (Å²) in [6, 6.07) is 4.24. The second kappa shape index (κ2) is 7.30. The van der Waals surface area contributed by atoms with Crippen LogP contribution in [0.15, 0.2) is 12.1 Å². The van der Waals surface area contributed by atoms with E-state index in [1.54, 1.807) is 7.11 Å². The fraction of sp³-hybridized carbons (Fsp3) is 0.571. The summed E-state index contributed by atoms with van der Waals surface area (Å²) in [4.78, 5) is 0. The second-order valence-electron chi connectivity index (χ2n) is 4.24. The first-order valence-electron chi connectivity index (χ1n) is 6.06. The van der Waals surface area contributed by atoms with E-state index in [0.29, 0.717) is 6.61 Å². The van der Waals surface area contributed by atoms with E-state index < -0.39 is 0 Å². The molecular weight excluding hydrogens is 214 g/mol. The quantitative estimate of drug-likeness (QED) is 0.738. The van der Waals surface area contributed by atoms with Gasteiger partial charge in [0.15, 0.2) is 0 Å². The van der Waals surface area contributed by atoms with E-state index in [2.05, 4.69) is 38.2 Å². The predicted octanol–water partition coefficient (Wildman–Crippen LogP) is 2.23. The minimum atomic E-state index is 0.689. The Bertz CT molecular complexity index is 350. The van der Waals surface area contributed by atoms with E-state index in [4.69, 9.17) is 9.47 Å². The standard InChI is InChI=1S/C14H23NO2/c1-11-5-6-12(2)14(13(11)3)17-10-8-15-7-9-16-4/h5-6,15H,7-10H2,1-4H3. The number of rotatable bonds is 7. The summed E-state index contributed by atoms with van der Waals surface area (Å²) in [7, 11) is 1.71. The maximum atomic E-state index is 5.83. The molecule has 17 heavy (non-hydrogen) atoms. The molecular formula is C14H23NO2. The highest BCUT2D eigenvalue weighted by atomic mass is 16.5. The zero-order chi connectivity index (χ0) is 12.7. The molecule has 0 aliphatic carbocycles. The van der Waals surface area contributed by atoms with E-state index in [1.165, 1.54) is 16.7 Å². The van der Waals surface area contributed by atoms with Gasteiger partial charge in [-0.1, -0.05) is 12.1 Å². The summed E-state index contributed by atoms with van der Waals surface area (Å²) >= 11 is 0. The van der Waals surface area contributed by atoms with Gasteiger partial charge in [-0.15, -0.1) is 0 Å². The van der Waals surface area contributed by atoms with Gasteiger partial charge in [0.05, 0.1) is 6.61 Å². The summed E-state index contributed by atoms with van der Waals surface area (Å²) < 4.78 is 10.8. The van der Waals surface area contributed by atoms with Crippen molar-refractivity contribution in [1.82, 2.24) is 5.32 Å². The molecule has 0 fully saturated rings. The minimum absolute atomic E-state index is 0.689. The molecule has 0 aliphatic rings. The highest BCUT2D eigenvalue weighted by molar-refractivity contribution is 5.44. The van der Waals surface area contributed by atoms with E-state index in [1.807, 2.05) is 0 Å². The summed E-state index contributed by atoms with van der Waals surface area (Å²) in [6.45, 7) is 9.44. The third-order valence-corrected chi connectivity index (χ3v) is 2.88. The van der Waals surface area contributed by atoms with Crippen LogP contribution < -0.4 is 10.1 Å². The Balaban J connectivity index is 2.39. The Labute approximate surface area is 104 Å². The molecule has 1 rings (SSSR count). The van der Waals surface area contributed by atoms with E-state index in [0.717, 1.165) is 25.4 Å². The Morgan fingerprint density at radius 1 is 1.00 bits per heavy atom. The van der Waals surface area contributed by atoms with Gasteiger partial charge in [0, 0.05) is 20.2 Å². The number of hydrogen-bond acceptors (Lipinski definition) is 3. The third kappa shape index (κ3) is 4.36. The van der Waals surface area contributed by atoms with Crippen LogP contribution in [0.5, 0.6) is 5.75 Å². The normalized spacial score (nSPS) is 10.6. The summed E-state index contributed by atoms with van der Waals surface area (Å²) in [6.07, 6.45) is 0. The first kappa shape index (κ1) is 14.0. The van der Waals surface area contributed by atoms with E-state index >= 15 is 0 Å². The third-order valence-electron chi connectivity index (χ3n) is 2.88. The molecule has 0 aromatic heterocycles. The average Bonchev–Trinajstić information content (AvgIpc) is 2.32. The maximum absolute atomic E-state index is 5.83. The van der Waals surface area contributed by atoms with Gasteiger partial charge in [-0.25, -0.2) is 0 Å². The Morgan fingerprint density at radius 2 is 1.65 bits per heavy atom. The lowest BCUT2D eigenvalue weighted by Crippen LogP contribution is -2.24. The summed E-state index contributed by atoms with van der Waals surface area (Å²) in [5, 5.41) is 3.26. The van der Waals surface area contributed by atoms with Crippen molar-refractivity contribution in [3.05, 3.63) is 28.8 Å². The minimum Gasteiger partial charge on any atom is -0.492 e. The molecule has 0 radical (unpaired) electrons. The molecule has 0 unspecified atom stereocenters. The number of benzene rings is 1. The van der Waals surface area contributed by atoms with Crippen molar-refractivity contribution in [2.75, 3.05) is 33.4 Å². The van der Waals surface area contributed by atoms with Gasteiger partial charge in [-0.05, 0) is 37.5 Å². The van der Waals surface area contributed by atoms with Crippen LogP contribution in [0.1, 0.15) is 16.7 Å². The summed E-state index contributed by atoms with van der Waals surface area (Å²) in [5.41, 5.74) is 3.71. The van der Waals surface area contributed by atoms with Crippen LogP contribution in [-0.2, 0) is 4.74 Å². The van der Waals surface area contributed by atoms with Gasteiger partial charge >= 0.3 is 0 Å². The van der Waals surface area contributed by atoms with Crippen LogP contribution in [0, 0.1) is 20.8 Å².